The van der Waals surface area contributed by atoms with Gasteiger partial charge in [0.1, 0.15) is 11.3 Å². The van der Waals surface area contributed by atoms with Crippen molar-refractivity contribution in [2.24, 2.45) is 0 Å². The van der Waals surface area contributed by atoms with Crippen LogP contribution in [0, 0.1) is 36.5 Å². The molecule has 4 aromatic rings. The number of anilines is 2. The summed E-state index contributed by atoms with van der Waals surface area (Å²) in [6, 6.07) is 18.5. The van der Waals surface area contributed by atoms with Crippen LogP contribution >= 0.6 is 0 Å². The summed E-state index contributed by atoms with van der Waals surface area (Å²) >= 11 is 0. The molecule has 10 heteroatoms. The van der Waals surface area contributed by atoms with E-state index >= 15 is 0 Å². The number of allylic oxidation sites excluding steroid dienone is 1. The highest BCUT2D eigenvalue weighted by Gasteiger charge is 2.24. The average Bonchev–Trinajstić information content (AvgIpc) is 2.98. The normalized spacial score (nSPS) is 10.9. The zero-order valence-corrected chi connectivity index (χ0v) is 23.7. The van der Waals surface area contributed by atoms with E-state index in [0.29, 0.717) is 28.3 Å². The van der Waals surface area contributed by atoms with E-state index in [0.717, 1.165) is 22.3 Å². The molecule has 0 saturated heterocycles. The van der Waals surface area contributed by atoms with Crippen molar-refractivity contribution >= 4 is 23.6 Å². The first-order valence-electron chi connectivity index (χ1n) is 13.0. The third-order valence-corrected chi connectivity index (χ3v) is 6.17. The predicted molar refractivity (Wildman–Crippen MR) is 158 cm³/mol. The molecule has 42 heavy (non-hydrogen) atoms. The van der Waals surface area contributed by atoms with E-state index in [2.05, 4.69) is 37.7 Å². The minimum atomic E-state index is -0.432. The summed E-state index contributed by atoms with van der Waals surface area (Å²) in [5.41, 5.74) is 5.52. The Bertz CT molecular complexity index is 1680. The molecule has 0 aliphatic heterocycles. The number of ether oxygens (including phenoxy) is 2. The Morgan fingerprint density at radius 2 is 1.71 bits per heavy atom. The number of hydrogen-bond donors (Lipinski definition) is 2. The van der Waals surface area contributed by atoms with Crippen molar-refractivity contribution in [3.63, 3.8) is 0 Å². The van der Waals surface area contributed by atoms with Crippen LogP contribution in [0.5, 0.6) is 11.6 Å². The van der Waals surface area contributed by atoms with Crippen LogP contribution in [0.3, 0.4) is 0 Å². The quantitative estimate of drug-likeness (QED) is 0.227. The zero-order chi connectivity index (χ0) is 30.1. The summed E-state index contributed by atoms with van der Waals surface area (Å²) in [4.78, 5) is 26.8. The van der Waals surface area contributed by atoms with Crippen LogP contribution in [0.25, 0.3) is 6.08 Å². The van der Waals surface area contributed by atoms with E-state index < -0.39 is 5.91 Å². The molecule has 0 fully saturated rings. The molecule has 0 aliphatic rings. The minimum absolute atomic E-state index is 0.0219. The number of aryl methyl sites for hydroxylation is 2. The largest absolute Gasteiger partial charge is 0.437 e. The van der Waals surface area contributed by atoms with Crippen LogP contribution in [0.1, 0.15) is 50.8 Å². The van der Waals surface area contributed by atoms with Gasteiger partial charge in [0.25, 0.3) is 5.91 Å². The van der Waals surface area contributed by atoms with Gasteiger partial charge in [-0.3, -0.25) is 9.78 Å². The van der Waals surface area contributed by atoms with E-state index in [1.807, 2.05) is 38.1 Å². The molecular formula is C32H29N7O3. The summed E-state index contributed by atoms with van der Waals surface area (Å²) in [6.07, 6.45) is 5.10. The van der Waals surface area contributed by atoms with Crippen molar-refractivity contribution in [3.05, 3.63) is 106 Å². The fourth-order valence-corrected chi connectivity index (χ4v) is 4.22. The van der Waals surface area contributed by atoms with Gasteiger partial charge in [-0.2, -0.15) is 15.5 Å². The van der Waals surface area contributed by atoms with Crippen molar-refractivity contribution in [1.82, 2.24) is 20.3 Å². The summed E-state index contributed by atoms with van der Waals surface area (Å²) in [5.74, 6) is 0.324. The van der Waals surface area contributed by atoms with Gasteiger partial charge in [0.05, 0.1) is 30.0 Å². The van der Waals surface area contributed by atoms with Crippen molar-refractivity contribution in [2.45, 2.75) is 33.9 Å². The standard InChI is InChI=1S/C32H29N7O3/c1-20(16-33)13-25-14-21(2)29(22(3)15-25)42-31-28(30(40)36-18-24-9-11-35-12-10-24)27(19-41-4)38-32(39-31)37-26-7-5-23(17-34)6-8-26/h5-15H,18-19H2,1-4H3,(H,36,40)(H,37,38,39)/b20-13+. The molecule has 0 spiro atoms. The van der Waals surface area contributed by atoms with Crippen LogP contribution < -0.4 is 15.4 Å². The number of methoxy groups -OCH3 is 1. The monoisotopic (exact) mass is 559 g/mol. The molecule has 2 aromatic heterocycles. The number of nitrogens with zero attached hydrogens (tertiary/aromatic N) is 5. The number of amides is 1. The fourth-order valence-electron chi connectivity index (χ4n) is 4.22. The molecular weight excluding hydrogens is 530 g/mol. The second-order valence-corrected chi connectivity index (χ2v) is 9.48. The molecule has 0 atom stereocenters. The molecule has 0 unspecified atom stereocenters. The molecule has 210 valence electrons. The van der Waals surface area contributed by atoms with E-state index in [1.165, 1.54) is 7.11 Å². The van der Waals surface area contributed by atoms with E-state index in [4.69, 9.17) is 14.7 Å². The molecule has 0 saturated carbocycles. The molecule has 4 rings (SSSR count). The molecule has 0 aliphatic carbocycles. The third kappa shape index (κ3) is 7.33. The summed E-state index contributed by atoms with van der Waals surface area (Å²) in [7, 11) is 1.51. The SMILES string of the molecule is COCc1nc(Nc2ccc(C#N)cc2)nc(Oc2c(C)cc(/C=C(\C)C#N)cc2C)c1C(=O)NCc1ccncc1. The van der Waals surface area contributed by atoms with E-state index in [1.54, 1.807) is 49.7 Å². The van der Waals surface area contributed by atoms with Gasteiger partial charge in [-0.15, -0.1) is 0 Å². The molecule has 2 N–H and O–H groups in total. The Labute approximate surface area is 244 Å². The number of nitriles is 2. The summed E-state index contributed by atoms with van der Waals surface area (Å²) < 4.78 is 11.8. The van der Waals surface area contributed by atoms with Crippen LogP contribution in [0.4, 0.5) is 11.6 Å². The van der Waals surface area contributed by atoms with E-state index in [-0.39, 0.29) is 30.5 Å². The summed E-state index contributed by atoms with van der Waals surface area (Å²) in [6.45, 7) is 5.80. The number of carbonyl (C=O) groups excluding carboxylic acids is 1. The van der Waals surface area contributed by atoms with Gasteiger partial charge in [0.2, 0.25) is 11.8 Å². The van der Waals surface area contributed by atoms with E-state index in [9.17, 15) is 10.1 Å². The number of nitrogens with one attached hydrogen (secondary N) is 2. The number of pyridine rings is 1. The lowest BCUT2D eigenvalue weighted by Gasteiger charge is -2.18. The second-order valence-electron chi connectivity index (χ2n) is 9.48. The number of aromatic nitrogens is 3. The smallest absolute Gasteiger partial charge is 0.259 e. The second kappa shape index (κ2) is 13.7. The van der Waals surface area contributed by atoms with Crippen molar-refractivity contribution < 1.29 is 14.3 Å². The number of carbonyl (C=O) groups is 1. The highest BCUT2D eigenvalue weighted by Crippen LogP contribution is 2.33. The van der Waals surface area contributed by atoms with Crippen molar-refractivity contribution in [2.75, 3.05) is 12.4 Å². The first-order valence-corrected chi connectivity index (χ1v) is 13.0. The molecule has 1 amide bonds. The number of benzene rings is 2. The Hall–Kier alpha value is -5.58. The maximum atomic E-state index is 13.6. The van der Waals surface area contributed by atoms with Gasteiger partial charge in [-0.1, -0.05) is 0 Å². The zero-order valence-electron chi connectivity index (χ0n) is 23.7. The maximum absolute atomic E-state index is 13.6. The minimum Gasteiger partial charge on any atom is -0.437 e. The fraction of sp³-hybridized carbons (Fsp3) is 0.188. The average molecular weight is 560 g/mol. The highest BCUT2D eigenvalue weighted by atomic mass is 16.5. The molecule has 0 radical (unpaired) electrons. The molecule has 2 heterocycles. The molecule has 2 aromatic carbocycles. The lowest BCUT2D eigenvalue weighted by Crippen LogP contribution is -2.26. The third-order valence-electron chi connectivity index (χ3n) is 6.17. The Kier molecular flexibility index (Phi) is 9.57. The first kappa shape index (κ1) is 29.4. The molecule has 10 nitrogen and oxygen atoms in total. The summed E-state index contributed by atoms with van der Waals surface area (Å²) in [5, 5.41) is 24.3. The number of rotatable bonds is 10. The van der Waals surface area contributed by atoms with Gasteiger partial charge >= 0.3 is 0 Å². The predicted octanol–water partition coefficient (Wildman–Crippen LogP) is 5.90. The Morgan fingerprint density at radius 3 is 2.33 bits per heavy atom. The first-order chi connectivity index (χ1) is 20.3. The Morgan fingerprint density at radius 1 is 1.02 bits per heavy atom. The van der Waals surface area contributed by atoms with Gasteiger partial charge in [-0.05, 0) is 97.6 Å². The van der Waals surface area contributed by atoms with Gasteiger partial charge < -0.3 is 20.1 Å². The highest BCUT2D eigenvalue weighted by molar-refractivity contribution is 5.97. The maximum Gasteiger partial charge on any atom is 0.259 e. The lowest BCUT2D eigenvalue weighted by molar-refractivity contribution is 0.0941. The Balaban J connectivity index is 1.78. The van der Waals surface area contributed by atoms with Crippen LogP contribution in [0.15, 0.2) is 66.5 Å². The van der Waals surface area contributed by atoms with Crippen molar-refractivity contribution in [1.29, 1.82) is 10.5 Å². The van der Waals surface area contributed by atoms with Crippen LogP contribution in [-0.4, -0.2) is 28.0 Å². The van der Waals surface area contributed by atoms with Gasteiger partial charge in [0.15, 0.2) is 0 Å². The number of hydrogen-bond acceptors (Lipinski definition) is 9. The van der Waals surface area contributed by atoms with Crippen LogP contribution in [0.2, 0.25) is 0 Å². The molecule has 0 bridgehead atoms. The van der Waals surface area contributed by atoms with Gasteiger partial charge in [-0.25, -0.2) is 4.98 Å². The van der Waals surface area contributed by atoms with Crippen molar-refractivity contribution in [3.8, 4) is 23.8 Å². The van der Waals surface area contributed by atoms with Gasteiger partial charge in [0, 0.05) is 37.3 Å². The topological polar surface area (TPSA) is 146 Å². The lowest BCUT2D eigenvalue weighted by atomic mass is 10.0. The van der Waals surface area contributed by atoms with Crippen LogP contribution in [-0.2, 0) is 17.9 Å².